The molecule has 0 radical (unpaired) electrons. The molecular weight excluding hydrogens is 588 g/mol. The number of nitrogens with zero attached hydrogens (tertiary/aromatic N) is 3. The lowest BCUT2D eigenvalue weighted by Gasteiger charge is -2.22. The Morgan fingerprint density at radius 3 is 2.29 bits per heavy atom. The number of hydrogen-bond donors (Lipinski definition) is 2. The van der Waals surface area contributed by atoms with Crippen molar-refractivity contribution in [2.24, 2.45) is 0 Å². The summed E-state index contributed by atoms with van der Waals surface area (Å²) < 4.78 is 112. The normalized spacial score (nSPS) is 15.0. The van der Waals surface area contributed by atoms with Crippen molar-refractivity contribution in [3.8, 4) is 17.0 Å². The fraction of sp³-hybridized carbons (Fsp3) is 0.296. The van der Waals surface area contributed by atoms with Crippen molar-refractivity contribution < 1.29 is 39.5 Å². The zero-order valence-corrected chi connectivity index (χ0v) is 22.9. The number of ether oxygens (including phenoxy) is 1. The predicted molar refractivity (Wildman–Crippen MR) is 143 cm³/mol. The van der Waals surface area contributed by atoms with E-state index in [9.17, 15) is 34.8 Å². The molecule has 2 aromatic carbocycles. The summed E-state index contributed by atoms with van der Waals surface area (Å²) in [5.41, 5.74) is 3.53. The third-order valence-electron chi connectivity index (χ3n) is 6.91. The molecule has 0 unspecified atom stereocenters. The number of rotatable bonds is 7. The van der Waals surface area contributed by atoms with Gasteiger partial charge in [0.05, 0.1) is 18.4 Å². The number of anilines is 2. The van der Waals surface area contributed by atoms with Crippen molar-refractivity contribution in [3.63, 3.8) is 0 Å². The van der Waals surface area contributed by atoms with Gasteiger partial charge in [0.2, 0.25) is 5.95 Å². The highest BCUT2D eigenvalue weighted by atomic mass is 32.2. The van der Waals surface area contributed by atoms with Gasteiger partial charge in [-0.1, -0.05) is 18.2 Å². The summed E-state index contributed by atoms with van der Waals surface area (Å²) in [6.45, 7) is 0. The summed E-state index contributed by atoms with van der Waals surface area (Å²) in [5.74, 6) is -0.617. The Morgan fingerprint density at radius 1 is 0.976 bits per heavy atom. The molecule has 0 saturated heterocycles. The molecule has 15 heteroatoms. The molecule has 1 aliphatic rings. The molecule has 0 amide bonds. The Labute approximate surface area is 235 Å². The van der Waals surface area contributed by atoms with Crippen LogP contribution in [0.2, 0.25) is 0 Å². The van der Waals surface area contributed by atoms with Gasteiger partial charge in [0.25, 0.3) is 0 Å². The number of nitrogens with one attached hydrogen (secondary N) is 1. The van der Waals surface area contributed by atoms with E-state index in [1.807, 2.05) is 0 Å². The van der Waals surface area contributed by atoms with Crippen molar-refractivity contribution in [2.45, 2.75) is 42.0 Å². The maximum Gasteiger partial charge on any atom is 0.416 e. The Balaban J connectivity index is 1.74. The molecule has 1 saturated carbocycles. The number of alkyl halides is 6. The molecule has 0 spiro atoms. The summed E-state index contributed by atoms with van der Waals surface area (Å²) >= 11 is 0. The predicted octanol–water partition coefficient (Wildman–Crippen LogP) is 5.80. The third-order valence-corrected chi connectivity index (χ3v) is 8.02. The number of fused-ring (bicyclic) bond motifs is 1. The molecule has 0 atom stereocenters. The summed E-state index contributed by atoms with van der Waals surface area (Å²) in [4.78, 5) is 12.5. The SMILES string of the molecule is COc1ccc(-c2cc(Cc3cccc(C(F)(F)F)c3)c3nc(N)nc(NC4(C(F)(F)F)CC4)c3n2)cc1S(C)(=O)=O. The zero-order valence-electron chi connectivity index (χ0n) is 22.1. The van der Waals surface area contributed by atoms with Crippen LogP contribution in [0.1, 0.15) is 29.5 Å². The minimum atomic E-state index is -4.61. The lowest BCUT2D eigenvalue weighted by Crippen LogP contribution is -2.39. The number of nitrogens with two attached hydrogens (primary N) is 1. The highest BCUT2D eigenvalue weighted by Crippen LogP contribution is 2.51. The second-order valence-corrected chi connectivity index (χ2v) is 12.0. The van der Waals surface area contributed by atoms with Gasteiger partial charge in [-0.3, -0.25) is 0 Å². The standard InChI is InChI=1S/C27H23F6N5O3S/c1-41-19-7-6-15(13-20(19)42(2,39)40)18-12-16(10-14-4-3-5-17(11-14)26(28,29)30)21-22(35-18)23(37-24(34)36-21)38-25(8-9-25)27(31,32)33/h3-7,11-13H,8-10H2,1-2H3,(H3,34,36,37,38). The van der Waals surface area contributed by atoms with Crippen LogP contribution in [-0.2, 0) is 22.4 Å². The number of methoxy groups -OCH3 is 1. The molecule has 2 aromatic heterocycles. The van der Waals surface area contributed by atoms with Gasteiger partial charge in [-0.2, -0.15) is 31.3 Å². The second kappa shape index (κ2) is 10.00. The zero-order chi connectivity index (χ0) is 30.7. The molecule has 3 N–H and O–H groups in total. The van der Waals surface area contributed by atoms with Gasteiger partial charge >= 0.3 is 12.4 Å². The Morgan fingerprint density at radius 2 is 1.69 bits per heavy atom. The Kier molecular flexibility index (Phi) is 6.99. The van der Waals surface area contributed by atoms with Crippen LogP contribution in [0.4, 0.5) is 38.1 Å². The molecule has 1 fully saturated rings. The van der Waals surface area contributed by atoms with Crippen molar-refractivity contribution in [3.05, 3.63) is 65.2 Å². The molecular formula is C27H23F6N5O3S. The van der Waals surface area contributed by atoms with Crippen molar-refractivity contribution >= 4 is 32.6 Å². The van der Waals surface area contributed by atoms with E-state index in [-0.39, 0.29) is 75.1 Å². The third kappa shape index (κ3) is 5.65. The van der Waals surface area contributed by atoms with Crippen LogP contribution in [-0.4, -0.2) is 48.5 Å². The minimum absolute atomic E-state index is 0.0287. The number of aromatic nitrogens is 3. The highest BCUT2D eigenvalue weighted by molar-refractivity contribution is 7.90. The number of sulfone groups is 1. The Bertz CT molecular complexity index is 1810. The van der Waals surface area contributed by atoms with Gasteiger partial charge in [0.15, 0.2) is 15.7 Å². The number of halogens is 6. The first-order valence-corrected chi connectivity index (χ1v) is 14.3. The largest absolute Gasteiger partial charge is 0.495 e. The molecule has 2 heterocycles. The van der Waals surface area contributed by atoms with E-state index in [1.165, 1.54) is 43.5 Å². The average Bonchev–Trinajstić information content (AvgIpc) is 3.69. The molecule has 5 rings (SSSR count). The number of benzene rings is 2. The van der Waals surface area contributed by atoms with E-state index in [0.717, 1.165) is 18.4 Å². The molecule has 0 bridgehead atoms. The van der Waals surface area contributed by atoms with Crippen molar-refractivity contribution in [2.75, 3.05) is 24.4 Å². The summed E-state index contributed by atoms with van der Waals surface area (Å²) in [6, 6.07) is 10.2. The number of pyridine rings is 1. The molecule has 222 valence electrons. The van der Waals surface area contributed by atoms with Crippen LogP contribution in [0.5, 0.6) is 5.75 Å². The smallest absolute Gasteiger partial charge is 0.416 e. The van der Waals surface area contributed by atoms with Gasteiger partial charge in [-0.15, -0.1) is 0 Å². The van der Waals surface area contributed by atoms with E-state index < -0.39 is 33.3 Å². The maximum atomic E-state index is 13.8. The first-order chi connectivity index (χ1) is 19.5. The minimum Gasteiger partial charge on any atom is -0.495 e. The first-order valence-electron chi connectivity index (χ1n) is 12.4. The first kappa shape index (κ1) is 29.4. The second-order valence-electron chi connectivity index (χ2n) is 10.0. The van der Waals surface area contributed by atoms with Crippen molar-refractivity contribution in [1.29, 1.82) is 0 Å². The summed E-state index contributed by atoms with van der Waals surface area (Å²) in [5, 5.41) is 2.42. The summed E-state index contributed by atoms with van der Waals surface area (Å²) in [7, 11) is -2.49. The van der Waals surface area contributed by atoms with Crippen LogP contribution < -0.4 is 15.8 Å². The molecule has 1 aliphatic carbocycles. The maximum absolute atomic E-state index is 13.8. The van der Waals surface area contributed by atoms with Gasteiger partial charge in [0.1, 0.15) is 27.2 Å². The fourth-order valence-electron chi connectivity index (χ4n) is 4.59. The van der Waals surface area contributed by atoms with E-state index in [1.54, 1.807) is 0 Å². The van der Waals surface area contributed by atoms with Gasteiger partial charge in [-0.05, 0) is 60.7 Å². The lowest BCUT2D eigenvalue weighted by atomic mass is 9.99. The van der Waals surface area contributed by atoms with E-state index in [4.69, 9.17) is 10.5 Å². The quantitative estimate of drug-likeness (QED) is 0.252. The van der Waals surface area contributed by atoms with Gasteiger partial charge < -0.3 is 15.8 Å². The van der Waals surface area contributed by atoms with Gasteiger partial charge in [-0.25, -0.2) is 18.4 Å². The lowest BCUT2D eigenvalue weighted by molar-refractivity contribution is -0.151. The summed E-state index contributed by atoms with van der Waals surface area (Å²) in [6.07, 6.45) is -8.80. The molecule has 8 nitrogen and oxygen atoms in total. The van der Waals surface area contributed by atoms with E-state index in [0.29, 0.717) is 0 Å². The number of hydrogen-bond acceptors (Lipinski definition) is 8. The van der Waals surface area contributed by atoms with Crippen LogP contribution in [0, 0.1) is 0 Å². The molecule has 0 aliphatic heterocycles. The molecule has 42 heavy (non-hydrogen) atoms. The number of nitrogen functional groups attached to an aromatic ring is 1. The van der Waals surface area contributed by atoms with Crippen molar-refractivity contribution in [1.82, 2.24) is 15.0 Å². The van der Waals surface area contributed by atoms with Crippen LogP contribution >= 0.6 is 0 Å². The van der Waals surface area contributed by atoms with E-state index in [2.05, 4.69) is 20.3 Å². The Hall–Kier alpha value is -4.14. The monoisotopic (exact) mass is 611 g/mol. The average molecular weight is 612 g/mol. The van der Waals surface area contributed by atoms with Crippen LogP contribution in [0.15, 0.2) is 53.4 Å². The van der Waals surface area contributed by atoms with Crippen LogP contribution in [0.25, 0.3) is 22.3 Å². The molecule has 4 aromatic rings. The van der Waals surface area contributed by atoms with Gasteiger partial charge in [0, 0.05) is 11.8 Å². The van der Waals surface area contributed by atoms with E-state index >= 15 is 0 Å². The highest BCUT2D eigenvalue weighted by Gasteiger charge is 2.64. The van der Waals surface area contributed by atoms with Crippen LogP contribution in [0.3, 0.4) is 0 Å². The topological polar surface area (TPSA) is 120 Å². The fourth-order valence-corrected chi connectivity index (χ4v) is 5.45.